The van der Waals surface area contributed by atoms with Crippen molar-refractivity contribution in [3.05, 3.63) is 28.0 Å². The van der Waals surface area contributed by atoms with Crippen LogP contribution in [0.5, 0.6) is 0 Å². The first-order valence-corrected chi connectivity index (χ1v) is 6.89. The summed E-state index contributed by atoms with van der Waals surface area (Å²) in [6.07, 6.45) is 1.29. The van der Waals surface area contributed by atoms with Crippen molar-refractivity contribution in [2.75, 3.05) is 29.1 Å². The molecule has 23 heavy (non-hydrogen) atoms. The highest BCUT2D eigenvalue weighted by Gasteiger charge is 2.10. The maximum atomic E-state index is 10.5. The summed E-state index contributed by atoms with van der Waals surface area (Å²) >= 11 is 0. The van der Waals surface area contributed by atoms with Crippen LogP contribution < -0.4 is 16.1 Å². The van der Waals surface area contributed by atoms with Gasteiger partial charge in [0.25, 0.3) is 0 Å². The number of nitrogens with one attached hydrogen (secondary N) is 3. The molecule has 0 aliphatic rings. The van der Waals surface area contributed by atoms with Crippen molar-refractivity contribution in [1.82, 2.24) is 15.0 Å². The lowest BCUT2D eigenvalue weighted by Crippen LogP contribution is -2.10. The number of furan rings is 1. The number of nitro groups is 1. The Bertz CT molecular complexity index is 675. The van der Waals surface area contributed by atoms with Gasteiger partial charge in [-0.15, -0.1) is 0 Å². The van der Waals surface area contributed by atoms with Gasteiger partial charge >= 0.3 is 5.88 Å². The second-order valence-corrected chi connectivity index (χ2v) is 4.17. The van der Waals surface area contributed by atoms with E-state index in [0.717, 1.165) is 0 Å². The summed E-state index contributed by atoms with van der Waals surface area (Å²) in [5.41, 5.74) is 2.63. The number of anilines is 3. The summed E-state index contributed by atoms with van der Waals surface area (Å²) in [4.78, 5) is 22.3. The third kappa shape index (κ3) is 4.62. The molecule has 2 aromatic rings. The smallest absolute Gasteiger partial charge is 0.400 e. The van der Waals surface area contributed by atoms with Crippen LogP contribution in [-0.4, -0.2) is 39.2 Å². The lowest BCUT2D eigenvalue weighted by molar-refractivity contribution is -0.402. The van der Waals surface area contributed by atoms with Crippen molar-refractivity contribution in [3.8, 4) is 0 Å². The van der Waals surface area contributed by atoms with Crippen LogP contribution in [0.15, 0.2) is 21.7 Å². The fraction of sp³-hybridized carbons (Fsp3) is 0.333. The van der Waals surface area contributed by atoms with Crippen LogP contribution in [0, 0.1) is 10.1 Å². The fourth-order valence-electron chi connectivity index (χ4n) is 1.56. The SMILES string of the molecule is CCNc1nc(NCC)nc(NN=Cc2ccc([N+](=O)[O-])o2)n1. The van der Waals surface area contributed by atoms with Gasteiger partial charge in [-0.25, -0.2) is 5.43 Å². The van der Waals surface area contributed by atoms with E-state index in [1.165, 1.54) is 18.3 Å². The largest absolute Gasteiger partial charge is 0.433 e. The molecule has 0 amide bonds. The summed E-state index contributed by atoms with van der Waals surface area (Å²) in [6, 6.07) is 2.68. The predicted octanol–water partition coefficient (Wildman–Crippen LogP) is 1.68. The molecule has 0 unspecified atom stereocenters. The van der Waals surface area contributed by atoms with Crippen LogP contribution in [0.25, 0.3) is 0 Å². The summed E-state index contributed by atoms with van der Waals surface area (Å²) in [6.45, 7) is 5.17. The second kappa shape index (κ2) is 7.68. The highest BCUT2D eigenvalue weighted by molar-refractivity contribution is 5.76. The zero-order chi connectivity index (χ0) is 16.7. The first-order valence-electron chi connectivity index (χ1n) is 6.89. The van der Waals surface area contributed by atoms with Gasteiger partial charge in [-0.2, -0.15) is 20.1 Å². The molecule has 2 rings (SSSR count). The van der Waals surface area contributed by atoms with Crippen LogP contribution in [0.3, 0.4) is 0 Å². The molecule has 2 heterocycles. The van der Waals surface area contributed by atoms with Crippen molar-refractivity contribution in [2.45, 2.75) is 13.8 Å². The Morgan fingerprint density at radius 3 is 2.30 bits per heavy atom. The molecule has 11 heteroatoms. The molecule has 0 aromatic carbocycles. The molecular weight excluding hydrogens is 304 g/mol. The molecule has 0 aliphatic carbocycles. The summed E-state index contributed by atoms with van der Waals surface area (Å²) in [5.74, 6) is 0.923. The van der Waals surface area contributed by atoms with Gasteiger partial charge in [0.15, 0.2) is 5.76 Å². The zero-order valence-corrected chi connectivity index (χ0v) is 12.6. The lowest BCUT2D eigenvalue weighted by Gasteiger charge is -2.07. The van der Waals surface area contributed by atoms with E-state index in [4.69, 9.17) is 4.42 Å². The standard InChI is InChI=1S/C12H16N8O3/c1-3-13-10-16-11(14-4-2)18-12(17-10)19-15-7-8-5-6-9(23-8)20(21)22/h5-7H,3-4H2,1-2H3,(H3,13,14,16,17,18,19). The minimum absolute atomic E-state index is 0.226. The average molecular weight is 320 g/mol. The fourth-order valence-corrected chi connectivity index (χ4v) is 1.56. The average Bonchev–Trinajstić information content (AvgIpc) is 2.97. The maximum Gasteiger partial charge on any atom is 0.433 e. The normalized spacial score (nSPS) is 10.7. The molecule has 2 aromatic heterocycles. The van der Waals surface area contributed by atoms with Crippen LogP contribution in [-0.2, 0) is 0 Å². The Morgan fingerprint density at radius 1 is 1.17 bits per heavy atom. The third-order valence-corrected chi connectivity index (χ3v) is 2.45. The Labute approximate surface area is 131 Å². The van der Waals surface area contributed by atoms with E-state index >= 15 is 0 Å². The quantitative estimate of drug-likeness (QED) is 0.376. The topological polar surface area (TPSA) is 143 Å². The number of hydrogen-bond acceptors (Lipinski definition) is 10. The van der Waals surface area contributed by atoms with Gasteiger partial charge in [0.05, 0.1) is 12.3 Å². The third-order valence-electron chi connectivity index (χ3n) is 2.45. The predicted molar refractivity (Wildman–Crippen MR) is 84.7 cm³/mol. The van der Waals surface area contributed by atoms with Crippen molar-refractivity contribution in [3.63, 3.8) is 0 Å². The van der Waals surface area contributed by atoms with E-state index in [-0.39, 0.29) is 17.6 Å². The molecule has 11 nitrogen and oxygen atoms in total. The van der Waals surface area contributed by atoms with E-state index in [9.17, 15) is 10.1 Å². The molecule has 0 radical (unpaired) electrons. The van der Waals surface area contributed by atoms with Gasteiger partial charge in [-0.3, -0.25) is 10.1 Å². The van der Waals surface area contributed by atoms with Crippen LogP contribution in [0.2, 0.25) is 0 Å². The minimum atomic E-state index is -0.623. The summed E-state index contributed by atoms with van der Waals surface area (Å²) in [5, 5.41) is 20.4. The first kappa shape index (κ1) is 16.1. The van der Waals surface area contributed by atoms with E-state index < -0.39 is 4.92 Å². The monoisotopic (exact) mass is 320 g/mol. The Kier molecular flexibility index (Phi) is 5.39. The minimum Gasteiger partial charge on any atom is -0.400 e. The molecule has 0 aliphatic heterocycles. The first-order chi connectivity index (χ1) is 11.1. The second-order valence-electron chi connectivity index (χ2n) is 4.17. The number of aromatic nitrogens is 3. The van der Waals surface area contributed by atoms with Gasteiger partial charge < -0.3 is 15.1 Å². The molecule has 0 spiro atoms. The van der Waals surface area contributed by atoms with Gasteiger partial charge in [0.1, 0.15) is 4.92 Å². The van der Waals surface area contributed by atoms with Gasteiger partial charge in [0.2, 0.25) is 17.8 Å². The maximum absolute atomic E-state index is 10.5. The summed E-state index contributed by atoms with van der Waals surface area (Å²) < 4.78 is 4.94. The number of hydrogen-bond donors (Lipinski definition) is 3. The highest BCUT2D eigenvalue weighted by atomic mass is 16.6. The molecule has 122 valence electrons. The molecule has 0 fully saturated rings. The Morgan fingerprint density at radius 2 is 1.78 bits per heavy atom. The van der Waals surface area contributed by atoms with Gasteiger partial charge in [-0.1, -0.05) is 0 Å². The molecule has 0 saturated heterocycles. The van der Waals surface area contributed by atoms with E-state index in [1.54, 1.807) is 0 Å². The van der Waals surface area contributed by atoms with Crippen molar-refractivity contribution >= 4 is 29.9 Å². The van der Waals surface area contributed by atoms with Crippen LogP contribution in [0.4, 0.5) is 23.7 Å². The molecule has 0 bridgehead atoms. The molecule has 0 saturated carbocycles. The van der Waals surface area contributed by atoms with E-state index in [2.05, 4.69) is 36.1 Å². The van der Waals surface area contributed by atoms with Gasteiger partial charge in [0, 0.05) is 13.1 Å². The van der Waals surface area contributed by atoms with Gasteiger partial charge in [-0.05, 0) is 19.9 Å². The Balaban J connectivity index is 2.08. The number of hydrazone groups is 1. The number of nitrogens with zero attached hydrogens (tertiary/aromatic N) is 5. The van der Waals surface area contributed by atoms with Crippen LogP contribution in [0.1, 0.15) is 19.6 Å². The Hall–Kier alpha value is -3.24. The molecular formula is C12H16N8O3. The zero-order valence-electron chi connectivity index (χ0n) is 12.6. The van der Waals surface area contributed by atoms with Crippen molar-refractivity contribution in [1.29, 1.82) is 0 Å². The van der Waals surface area contributed by atoms with Crippen LogP contribution >= 0.6 is 0 Å². The van der Waals surface area contributed by atoms with E-state index in [1.807, 2.05) is 13.8 Å². The van der Waals surface area contributed by atoms with E-state index in [0.29, 0.717) is 25.0 Å². The summed E-state index contributed by atoms with van der Waals surface area (Å²) in [7, 11) is 0. The van der Waals surface area contributed by atoms with Crippen molar-refractivity contribution in [2.24, 2.45) is 5.10 Å². The molecule has 0 atom stereocenters. The highest BCUT2D eigenvalue weighted by Crippen LogP contribution is 2.14. The number of rotatable bonds is 8. The lowest BCUT2D eigenvalue weighted by atomic mass is 10.5. The van der Waals surface area contributed by atoms with Crippen molar-refractivity contribution < 1.29 is 9.34 Å². The molecule has 3 N–H and O–H groups in total.